The third-order valence-electron chi connectivity index (χ3n) is 5.10. The van der Waals surface area contributed by atoms with Gasteiger partial charge in [0, 0.05) is 31.0 Å². The second-order valence-electron chi connectivity index (χ2n) is 6.66. The van der Waals surface area contributed by atoms with Crippen molar-refractivity contribution in [2.24, 2.45) is 0 Å². The normalized spacial score (nSPS) is 21.4. The lowest BCUT2D eigenvalue weighted by Crippen LogP contribution is -2.39. The van der Waals surface area contributed by atoms with Crippen LogP contribution in [0, 0.1) is 0 Å². The molecule has 4 rings (SSSR count). The van der Waals surface area contributed by atoms with E-state index in [0.717, 1.165) is 24.4 Å². The van der Waals surface area contributed by atoms with Gasteiger partial charge in [0.05, 0.1) is 12.6 Å². The molecule has 7 heteroatoms. The Morgan fingerprint density at radius 3 is 2.96 bits per heavy atom. The van der Waals surface area contributed by atoms with Gasteiger partial charge in [0.2, 0.25) is 17.6 Å². The maximum absolute atomic E-state index is 5.61. The Bertz CT molecular complexity index is 701. The summed E-state index contributed by atoms with van der Waals surface area (Å²) in [5, 5.41) is 4.19. The highest BCUT2D eigenvalue weighted by Gasteiger charge is 2.37. The summed E-state index contributed by atoms with van der Waals surface area (Å²) < 4.78 is 16.1. The van der Waals surface area contributed by atoms with Crippen molar-refractivity contribution in [2.45, 2.75) is 44.2 Å². The maximum atomic E-state index is 5.61. The molecule has 0 bridgehead atoms. The van der Waals surface area contributed by atoms with Gasteiger partial charge in [-0.25, -0.2) is 4.98 Å². The highest BCUT2D eigenvalue weighted by atomic mass is 16.5. The quantitative estimate of drug-likeness (QED) is 0.715. The van der Waals surface area contributed by atoms with Crippen molar-refractivity contribution >= 4 is 0 Å². The molecule has 1 saturated carbocycles. The van der Waals surface area contributed by atoms with Crippen molar-refractivity contribution in [1.29, 1.82) is 0 Å². The van der Waals surface area contributed by atoms with E-state index in [4.69, 9.17) is 14.0 Å². The zero-order chi connectivity index (χ0) is 17.1. The molecule has 2 aromatic rings. The molecule has 25 heavy (non-hydrogen) atoms. The first-order valence-electron chi connectivity index (χ1n) is 9.02. The molecule has 0 aromatic carbocycles. The van der Waals surface area contributed by atoms with Crippen LogP contribution in [-0.4, -0.2) is 52.9 Å². The maximum Gasteiger partial charge on any atom is 0.244 e. The lowest BCUT2D eigenvalue weighted by molar-refractivity contribution is 0.0966. The average molecular weight is 344 g/mol. The van der Waals surface area contributed by atoms with Gasteiger partial charge in [0.1, 0.15) is 6.61 Å². The summed E-state index contributed by atoms with van der Waals surface area (Å²) in [6.07, 6.45) is 7.93. The third-order valence-corrected chi connectivity index (χ3v) is 5.10. The van der Waals surface area contributed by atoms with E-state index < -0.39 is 0 Å². The van der Waals surface area contributed by atoms with Gasteiger partial charge in [-0.15, -0.1) is 0 Å². The summed E-state index contributed by atoms with van der Waals surface area (Å²) in [7, 11) is 1.64. The lowest BCUT2D eigenvalue weighted by Gasteiger charge is -2.37. The third kappa shape index (κ3) is 3.52. The molecule has 0 unspecified atom stereocenters. The second kappa shape index (κ2) is 7.49. The van der Waals surface area contributed by atoms with Crippen LogP contribution in [0.1, 0.15) is 44.0 Å². The fraction of sp³-hybridized carbons (Fsp3) is 0.611. The summed E-state index contributed by atoms with van der Waals surface area (Å²) in [6.45, 7) is 2.12. The summed E-state index contributed by atoms with van der Waals surface area (Å²) >= 11 is 0. The molecule has 1 aliphatic heterocycles. The molecular weight excluding hydrogens is 320 g/mol. The standard InChI is InChI=1S/C18H24N4O3/c1-23-10-11-24-16-12-13(7-8-19-16)17-20-18(25-21-17)15-6-3-9-22(15)14-4-2-5-14/h7-8,12,14-15H,2-6,9-11H2,1H3/t15-/m0/s1. The van der Waals surface area contributed by atoms with Gasteiger partial charge in [-0.05, 0) is 38.3 Å². The highest BCUT2D eigenvalue weighted by molar-refractivity contribution is 5.55. The summed E-state index contributed by atoms with van der Waals surface area (Å²) in [5.74, 6) is 1.87. The number of likely N-dealkylation sites (tertiary alicyclic amines) is 1. The Labute approximate surface area is 147 Å². The zero-order valence-corrected chi connectivity index (χ0v) is 14.6. The van der Waals surface area contributed by atoms with Gasteiger partial charge in [0.25, 0.3) is 0 Å². The Balaban J connectivity index is 1.48. The number of rotatable bonds is 7. The topological polar surface area (TPSA) is 73.5 Å². The molecule has 0 N–H and O–H groups in total. The van der Waals surface area contributed by atoms with Crippen LogP contribution in [-0.2, 0) is 4.74 Å². The highest BCUT2D eigenvalue weighted by Crippen LogP contribution is 2.39. The molecule has 2 aromatic heterocycles. The van der Waals surface area contributed by atoms with Gasteiger partial charge in [-0.3, -0.25) is 4.90 Å². The van der Waals surface area contributed by atoms with Crippen molar-refractivity contribution in [3.05, 3.63) is 24.2 Å². The van der Waals surface area contributed by atoms with Gasteiger partial charge in [-0.1, -0.05) is 11.6 Å². The number of pyridine rings is 1. The molecule has 0 spiro atoms. The van der Waals surface area contributed by atoms with Crippen LogP contribution in [0.5, 0.6) is 5.88 Å². The van der Waals surface area contributed by atoms with Crippen molar-refractivity contribution in [1.82, 2.24) is 20.0 Å². The number of aromatic nitrogens is 3. The molecular formula is C18H24N4O3. The summed E-state index contributed by atoms with van der Waals surface area (Å²) in [4.78, 5) is 11.4. The number of methoxy groups -OCH3 is 1. The minimum Gasteiger partial charge on any atom is -0.475 e. The van der Waals surface area contributed by atoms with Crippen LogP contribution < -0.4 is 4.74 Å². The fourth-order valence-electron chi connectivity index (χ4n) is 3.55. The van der Waals surface area contributed by atoms with Gasteiger partial charge in [0.15, 0.2) is 0 Å². The van der Waals surface area contributed by atoms with E-state index in [1.165, 1.54) is 25.7 Å². The molecule has 134 valence electrons. The molecule has 1 saturated heterocycles. The van der Waals surface area contributed by atoms with Crippen LogP contribution in [0.15, 0.2) is 22.9 Å². The summed E-state index contributed by atoms with van der Waals surface area (Å²) in [5.41, 5.74) is 0.852. The number of hydrogen-bond acceptors (Lipinski definition) is 7. The molecule has 3 heterocycles. The van der Waals surface area contributed by atoms with Crippen LogP contribution in [0.2, 0.25) is 0 Å². The van der Waals surface area contributed by atoms with E-state index in [-0.39, 0.29) is 6.04 Å². The first-order valence-corrected chi connectivity index (χ1v) is 9.02. The Hall–Kier alpha value is -1.99. The van der Waals surface area contributed by atoms with Crippen molar-refractivity contribution < 1.29 is 14.0 Å². The van der Waals surface area contributed by atoms with Crippen LogP contribution in [0.4, 0.5) is 0 Å². The SMILES string of the molecule is COCCOc1cc(-c2noc([C@@H]3CCCN3C3CCC3)n2)ccn1. The largest absolute Gasteiger partial charge is 0.475 e. The van der Waals surface area contributed by atoms with E-state index in [2.05, 4.69) is 20.0 Å². The minimum atomic E-state index is 0.269. The van der Waals surface area contributed by atoms with Crippen molar-refractivity contribution in [3.8, 4) is 17.3 Å². The Kier molecular flexibility index (Phi) is 4.94. The first-order chi connectivity index (χ1) is 12.3. The Morgan fingerprint density at radius 1 is 1.24 bits per heavy atom. The van der Waals surface area contributed by atoms with Gasteiger partial charge in [-0.2, -0.15) is 4.98 Å². The van der Waals surface area contributed by atoms with E-state index in [1.54, 1.807) is 13.3 Å². The lowest BCUT2D eigenvalue weighted by atomic mass is 9.91. The van der Waals surface area contributed by atoms with Crippen molar-refractivity contribution in [2.75, 3.05) is 26.9 Å². The number of ether oxygens (including phenoxy) is 2. The first kappa shape index (κ1) is 16.5. The molecule has 7 nitrogen and oxygen atoms in total. The zero-order valence-electron chi connectivity index (χ0n) is 14.6. The smallest absolute Gasteiger partial charge is 0.244 e. The van der Waals surface area contributed by atoms with E-state index in [0.29, 0.717) is 31.0 Å². The average Bonchev–Trinajstić information content (AvgIpc) is 3.23. The summed E-state index contributed by atoms with van der Waals surface area (Å²) in [6, 6.07) is 4.68. The molecule has 2 aliphatic rings. The number of nitrogens with zero attached hydrogens (tertiary/aromatic N) is 4. The fourth-order valence-corrected chi connectivity index (χ4v) is 3.55. The van der Waals surface area contributed by atoms with Gasteiger partial charge < -0.3 is 14.0 Å². The molecule has 1 aliphatic carbocycles. The van der Waals surface area contributed by atoms with Crippen molar-refractivity contribution in [3.63, 3.8) is 0 Å². The van der Waals surface area contributed by atoms with Crippen LogP contribution in [0.3, 0.4) is 0 Å². The monoisotopic (exact) mass is 344 g/mol. The molecule has 1 atom stereocenters. The van der Waals surface area contributed by atoms with Gasteiger partial charge >= 0.3 is 0 Å². The van der Waals surface area contributed by atoms with E-state index in [1.807, 2.05) is 12.1 Å². The molecule has 0 radical (unpaired) electrons. The predicted octanol–water partition coefficient (Wildman–Crippen LogP) is 2.85. The Morgan fingerprint density at radius 2 is 2.16 bits per heavy atom. The second-order valence-corrected chi connectivity index (χ2v) is 6.66. The van der Waals surface area contributed by atoms with E-state index in [9.17, 15) is 0 Å². The van der Waals surface area contributed by atoms with Crippen LogP contribution >= 0.6 is 0 Å². The van der Waals surface area contributed by atoms with Crippen LogP contribution in [0.25, 0.3) is 11.4 Å². The van der Waals surface area contributed by atoms with E-state index >= 15 is 0 Å². The molecule has 2 fully saturated rings. The molecule has 0 amide bonds. The predicted molar refractivity (Wildman–Crippen MR) is 91.2 cm³/mol. The number of hydrogen-bond donors (Lipinski definition) is 0. The minimum absolute atomic E-state index is 0.269.